The molecule has 0 aliphatic carbocycles. The maximum Gasteiger partial charge on any atom is 0.338 e. The molecule has 0 amide bonds. The van der Waals surface area contributed by atoms with Crippen LogP contribution in [0.25, 0.3) is 6.08 Å². The van der Waals surface area contributed by atoms with Gasteiger partial charge in [0.15, 0.2) is 11.5 Å². The second-order valence-electron chi connectivity index (χ2n) is 8.75. The molecule has 3 unspecified atom stereocenters. The Balaban J connectivity index is 1.37. The number of benzene rings is 2. The van der Waals surface area contributed by atoms with Crippen LogP contribution < -0.4 is 14.2 Å². The quantitative estimate of drug-likeness (QED) is 0.417. The molecule has 2 aliphatic heterocycles. The van der Waals surface area contributed by atoms with E-state index >= 15 is 0 Å². The number of fused-ring (bicyclic) bond motifs is 2. The molecule has 0 spiro atoms. The Morgan fingerprint density at radius 2 is 1.60 bits per heavy atom. The first kappa shape index (κ1) is 24.6. The summed E-state index contributed by atoms with van der Waals surface area (Å²) >= 11 is 0. The lowest BCUT2D eigenvalue weighted by atomic mass is 10.0. The maximum absolute atomic E-state index is 12.6. The van der Waals surface area contributed by atoms with E-state index in [4.69, 9.17) is 23.7 Å². The van der Waals surface area contributed by atoms with E-state index in [1.54, 1.807) is 30.3 Å². The topological polar surface area (TPSA) is 83.5 Å². The monoisotopic (exact) mass is 481 g/mol. The summed E-state index contributed by atoms with van der Waals surface area (Å²) in [4.78, 5) is 27.4. The number of rotatable bonds is 8. The van der Waals surface area contributed by atoms with Crippen LogP contribution in [0.3, 0.4) is 0 Å². The molecule has 0 N–H and O–H groups in total. The zero-order valence-corrected chi connectivity index (χ0v) is 20.4. The van der Waals surface area contributed by atoms with Gasteiger partial charge in [-0.25, -0.2) is 9.59 Å². The van der Waals surface area contributed by atoms with E-state index in [0.717, 1.165) is 6.42 Å². The average molecular weight is 482 g/mol. The highest BCUT2D eigenvalue weighted by molar-refractivity contribution is 5.89. The summed E-state index contributed by atoms with van der Waals surface area (Å²) in [5, 5.41) is 0. The molecule has 2 saturated heterocycles. The van der Waals surface area contributed by atoms with Gasteiger partial charge >= 0.3 is 11.9 Å². The van der Waals surface area contributed by atoms with Crippen molar-refractivity contribution in [3.8, 4) is 17.2 Å². The number of methoxy groups -OCH3 is 3. The van der Waals surface area contributed by atoms with Gasteiger partial charge in [0.1, 0.15) is 12.2 Å². The SMILES string of the molecule is COc1cc(/C=C\C(=O)OC2CC3C[C@H](OC(=O)c4ccccc4)C(C2)N3C)cc(OC)c1OC. The number of piperidine rings is 1. The number of carbonyl (C=O) groups is 2. The van der Waals surface area contributed by atoms with Crippen molar-refractivity contribution in [1.82, 2.24) is 4.90 Å². The van der Waals surface area contributed by atoms with Gasteiger partial charge in [-0.3, -0.25) is 4.90 Å². The van der Waals surface area contributed by atoms with Crippen molar-refractivity contribution in [2.75, 3.05) is 28.4 Å². The van der Waals surface area contributed by atoms with Crippen LogP contribution in [-0.4, -0.2) is 69.5 Å². The van der Waals surface area contributed by atoms with E-state index in [0.29, 0.717) is 41.2 Å². The van der Waals surface area contributed by atoms with E-state index in [-0.39, 0.29) is 30.3 Å². The third-order valence-corrected chi connectivity index (χ3v) is 6.72. The minimum absolute atomic E-state index is 0.0123. The molecule has 2 fully saturated rings. The first-order valence-corrected chi connectivity index (χ1v) is 11.6. The first-order valence-electron chi connectivity index (χ1n) is 11.6. The Labute approximate surface area is 205 Å². The molecule has 0 radical (unpaired) electrons. The lowest BCUT2D eigenvalue weighted by molar-refractivity contribution is -0.146. The van der Waals surface area contributed by atoms with E-state index in [9.17, 15) is 9.59 Å². The molecule has 2 aromatic rings. The van der Waals surface area contributed by atoms with Crippen LogP contribution in [0.5, 0.6) is 17.2 Å². The van der Waals surface area contributed by atoms with E-state index < -0.39 is 5.97 Å². The largest absolute Gasteiger partial charge is 0.493 e. The summed E-state index contributed by atoms with van der Waals surface area (Å²) < 4.78 is 27.6. The van der Waals surface area contributed by atoms with Crippen LogP contribution in [0.15, 0.2) is 48.5 Å². The molecule has 2 aromatic carbocycles. The fourth-order valence-electron chi connectivity index (χ4n) is 4.94. The molecule has 0 saturated carbocycles. The van der Waals surface area contributed by atoms with Crippen molar-refractivity contribution < 1.29 is 33.3 Å². The number of carbonyl (C=O) groups excluding carboxylic acids is 2. The Kier molecular flexibility index (Phi) is 7.60. The van der Waals surface area contributed by atoms with Crippen LogP contribution in [0.1, 0.15) is 35.2 Å². The minimum Gasteiger partial charge on any atom is -0.493 e. The van der Waals surface area contributed by atoms with Gasteiger partial charge in [-0.15, -0.1) is 0 Å². The summed E-state index contributed by atoms with van der Waals surface area (Å²) in [5.41, 5.74) is 1.25. The normalized spacial score (nSPS) is 23.7. The van der Waals surface area contributed by atoms with Crippen LogP contribution in [0.4, 0.5) is 0 Å². The van der Waals surface area contributed by atoms with E-state index in [2.05, 4.69) is 4.90 Å². The molecule has 0 aromatic heterocycles. The Morgan fingerprint density at radius 3 is 2.23 bits per heavy atom. The highest BCUT2D eigenvalue weighted by Crippen LogP contribution is 2.39. The Hall–Kier alpha value is -3.52. The summed E-state index contributed by atoms with van der Waals surface area (Å²) in [6, 6.07) is 12.7. The number of esters is 2. The van der Waals surface area contributed by atoms with Gasteiger partial charge in [0.05, 0.1) is 32.9 Å². The van der Waals surface area contributed by atoms with Crippen molar-refractivity contribution >= 4 is 18.0 Å². The molecule has 2 heterocycles. The van der Waals surface area contributed by atoms with Crippen LogP contribution >= 0.6 is 0 Å². The molecular formula is C27H31NO7. The zero-order chi connectivity index (χ0) is 24.9. The highest BCUT2D eigenvalue weighted by atomic mass is 16.6. The van der Waals surface area contributed by atoms with Gasteiger partial charge in [0.25, 0.3) is 0 Å². The van der Waals surface area contributed by atoms with Crippen LogP contribution in [0, 0.1) is 0 Å². The predicted molar refractivity (Wildman–Crippen MR) is 130 cm³/mol. The lowest BCUT2D eigenvalue weighted by Gasteiger charge is -2.36. The number of ether oxygens (including phenoxy) is 5. The smallest absolute Gasteiger partial charge is 0.338 e. The third kappa shape index (κ3) is 5.43. The molecule has 186 valence electrons. The fourth-order valence-corrected chi connectivity index (χ4v) is 4.94. The first-order chi connectivity index (χ1) is 16.9. The van der Waals surface area contributed by atoms with Gasteiger partial charge in [-0.05, 0) is 43.0 Å². The van der Waals surface area contributed by atoms with Gasteiger partial charge in [-0.2, -0.15) is 0 Å². The van der Waals surface area contributed by atoms with E-state index in [1.165, 1.54) is 27.4 Å². The number of likely N-dealkylation sites (N-methyl/N-ethyl adjacent to an activating group) is 1. The average Bonchev–Trinajstić information content (AvgIpc) is 3.03. The van der Waals surface area contributed by atoms with Crippen molar-refractivity contribution in [1.29, 1.82) is 0 Å². The van der Waals surface area contributed by atoms with Gasteiger partial charge in [0, 0.05) is 31.4 Å². The number of nitrogens with zero attached hydrogens (tertiary/aromatic N) is 1. The third-order valence-electron chi connectivity index (χ3n) is 6.72. The zero-order valence-electron chi connectivity index (χ0n) is 20.4. The molecule has 4 rings (SSSR count). The Bertz CT molecular complexity index is 1060. The number of hydrogen-bond donors (Lipinski definition) is 0. The second-order valence-corrected chi connectivity index (χ2v) is 8.75. The predicted octanol–water partition coefficient (Wildman–Crippen LogP) is 3.73. The van der Waals surface area contributed by atoms with Crippen molar-refractivity contribution in [2.24, 2.45) is 0 Å². The standard InChI is InChI=1S/C27H31NO7/c1-28-19-14-20(16-21(28)22(15-19)35-27(30)18-8-6-5-7-9-18)34-25(29)11-10-17-12-23(31-2)26(33-4)24(13-17)32-3/h5-13,19-22H,14-16H2,1-4H3/b11-10-/t19?,20?,21?,22-/m0/s1. The van der Waals surface area contributed by atoms with Crippen molar-refractivity contribution in [3.05, 3.63) is 59.7 Å². The van der Waals surface area contributed by atoms with Crippen LogP contribution in [0.2, 0.25) is 0 Å². The van der Waals surface area contributed by atoms with Gasteiger partial charge in [-0.1, -0.05) is 18.2 Å². The summed E-state index contributed by atoms with van der Waals surface area (Å²) in [7, 11) is 6.65. The molecule has 8 nitrogen and oxygen atoms in total. The van der Waals surface area contributed by atoms with Crippen molar-refractivity contribution in [2.45, 2.75) is 43.6 Å². The molecule has 4 atom stereocenters. The van der Waals surface area contributed by atoms with E-state index in [1.807, 2.05) is 25.2 Å². The molecule has 2 bridgehead atoms. The summed E-state index contributed by atoms with van der Waals surface area (Å²) in [6.45, 7) is 0. The second kappa shape index (κ2) is 10.8. The van der Waals surface area contributed by atoms with Gasteiger partial charge in [0.2, 0.25) is 5.75 Å². The minimum atomic E-state index is -0.425. The lowest BCUT2D eigenvalue weighted by Crippen LogP contribution is -2.46. The summed E-state index contributed by atoms with van der Waals surface area (Å²) in [6.07, 6.45) is 4.64. The molecule has 8 heteroatoms. The molecule has 2 aliphatic rings. The fraction of sp³-hybridized carbons (Fsp3) is 0.407. The maximum atomic E-state index is 12.6. The molecular weight excluding hydrogens is 450 g/mol. The highest BCUT2D eigenvalue weighted by Gasteiger charge is 2.47. The number of hydrogen-bond acceptors (Lipinski definition) is 8. The summed E-state index contributed by atoms with van der Waals surface area (Å²) in [5.74, 6) is 0.744. The van der Waals surface area contributed by atoms with Crippen LogP contribution in [-0.2, 0) is 14.3 Å². The molecule has 35 heavy (non-hydrogen) atoms. The van der Waals surface area contributed by atoms with Gasteiger partial charge < -0.3 is 23.7 Å². The Morgan fingerprint density at radius 1 is 0.914 bits per heavy atom. The van der Waals surface area contributed by atoms with Crippen molar-refractivity contribution in [3.63, 3.8) is 0 Å².